The van der Waals surface area contributed by atoms with E-state index in [9.17, 15) is 14.0 Å². The summed E-state index contributed by atoms with van der Waals surface area (Å²) in [5.41, 5.74) is 1.96. The molecule has 31 heavy (non-hydrogen) atoms. The number of hydrogen-bond acceptors (Lipinski definition) is 4. The largest absolute Gasteiger partial charge is 0.487 e. The third-order valence-corrected chi connectivity index (χ3v) is 6.45. The van der Waals surface area contributed by atoms with E-state index >= 15 is 0 Å². The lowest BCUT2D eigenvalue weighted by Crippen LogP contribution is -2.27. The number of para-hydroxylation sites is 1. The molecule has 3 aromatic rings. The van der Waals surface area contributed by atoms with E-state index in [2.05, 4.69) is 31.9 Å². The number of nitrogens with zero attached hydrogens (tertiary/aromatic N) is 1. The zero-order valence-electron chi connectivity index (χ0n) is 15.8. The third-order valence-electron chi connectivity index (χ3n) is 4.40. The molecule has 1 aliphatic rings. The van der Waals surface area contributed by atoms with Gasteiger partial charge in [-0.3, -0.25) is 9.59 Å². The van der Waals surface area contributed by atoms with Gasteiger partial charge >= 0.3 is 0 Å². The molecule has 2 amide bonds. The molecular formula is C23H14Br2FNO3S. The molecule has 0 bridgehead atoms. The van der Waals surface area contributed by atoms with Crippen LogP contribution in [-0.2, 0) is 11.4 Å². The number of halogens is 3. The maximum atomic E-state index is 13.4. The van der Waals surface area contributed by atoms with Crippen molar-refractivity contribution >= 4 is 66.5 Å². The Morgan fingerprint density at radius 2 is 1.68 bits per heavy atom. The second-order valence-electron chi connectivity index (χ2n) is 6.58. The quantitative estimate of drug-likeness (QED) is 0.309. The van der Waals surface area contributed by atoms with Gasteiger partial charge in [-0.1, -0.05) is 30.3 Å². The fraction of sp³-hybridized carbons (Fsp3) is 0.0435. The van der Waals surface area contributed by atoms with Crippen molar-refractivity contribution in [1.29, 1.82) is 0 Å². The molecule has 156 valence electrons. The van der Waals surface area contributed by atoms with Crippen molar-refractivity contribution < 1.29 is 18.7 Å². The molecule has 1 heterocycles. The van der Waals surface area contributed by atoms with Crippen LogP contribution in [0.2, 0.25) is 0 Å². The fourth-order valence-corrected chi connectivity index (χ4v) is 5.29. The first-order chi connectivity index (χ1) is 14.9. The highest BCUT2D eigenvalue weighted by atomic mass is 79.9. The molecule has 0 radical (unpaired) electrons. The van der Waals surface area contributed by atoms with Gasteiger partial charge in [0.25, 0.3) is 11.1 Å². The summed E-state index contributed by atoms with van der Waals surface area (Å²) >= 11 is 7.86. The number of hydrogen-bond donors (Lipinski definition) is 0. The number of carbonyl (C=O) groups excluding carboxylic acids is 2. The van der Waals surface area contributed by atoms with Crippen molar-refractivity contribution in [3.63, 3.8) is 0 Å². The van der Waals surface area contributed by atoms with Crippen molar-refractivity contribution in [3.05, 3.63) is 97.5 Å². The minimum absolute atomic E-state index is 0.199. The van der Waals surface area contributed by atoms with Crippen LogP contribution in [0.3, 0.4) is 0 Å². The monoisotopic (exact) mass is 561 g/mol. The summed E-state index contributed by atoms with van der Waals surface area (Å²) in [6.45, 7) is 0.199. The summed E-state index contributed by atoms with van der Waals surface area (Å²) < 4.78 is 20.5. The van der Waals surface area contributed by atoms with Gasteiger partial charge in [0.2, 0.25) is 0 Å². The van der Waals surface area contributed by atoms with E-state index in [0.717, 1.165) is 22.2 Å². The number of imide groups is 1. The van der Waals surface area contributed by atoms with Gasteiger partial charge in [0, 0.05) is 0 Å². The van der Waals surface area contributed by atoms with Crippen LogP contribution in [0.5, 0.6) is 5.75 Å². The van der Waals surface area contributed by atoms with Gasteiger partial charge < -0.3 is 4.74 Å². The molecule has 1 aliphatic heterocycles. The molecule has 3 aromatic carbocycles. The van der Waals surface area contributed by atoms with Crippen molar-refractivity contribution in [2.45, 2.75) is 6.61 Å². The average molecular weight is 563 g/mol. The maximum absolute atomic E-state index is 13.4. The zero-order chi connectivity index (χ0) is 22.0. The summed E-state index contributed by atoms with van der Waals surface area (Å²) in [6, 6.07) is 18.6. The fourth-order valence-electron chi connectivity index (χ4n) is 3.00. The van der Waals surface area contributed by atoms with Crippen molar-refractivity contribution in [3.8, 4) is 5.75 Å². The minimum atomic E-state index is -0.361. The Hall–Kier alpha value is -2.42. The van der Waals surface area contributed by atoms with Crippen LogP contribution >= 0.6 is 43.6 Å². The van der Waals surface area contributed by atoms with E-state index in [1.807, 2.05) is 6.07 Å². The number of rotatable bonds is 5. The molecule has 0 aromatic heterocycles. The standard InChI is InChI=1S/C23H14Br2FNO3S/c24-18-10-15(11-19(25)21(18)30-13-14-5-4-6-16(26)9-14)12-20-22(28)27(23(29)31-20)17-7-2-1-3-8-17/h1-12H,13H2/b20-12-. The molecule has 8 heteroatoms. The Bertz CT molecular complexity index is 1180. The van der Waals surface area contributed by atoms with Gasteiger partial charge in [0.1, 0.15) is 18.2 Å². The molecule has 0 aliphatic carbocycles. The Morgan fingerprint density at radius 1 is 0.968 bits per heavy atom. The molecule has 1 fully saturated rings. The average Bonchev–Trinajstić information content (AvgIpc) is 3.01. The molecule has 0 spiro atoms. The highest BCUT2D eigenvalue weighted by molar-refractivity contribution is 9.11. The Morgan fingerprint density at radius 3 is 2.35 bits per heavy atom. The highest BCUT2D eigenvalue weighted by Crippen LogP contribution is 2.39. The van der Waals surface area contributed by atoms with Gasteiger partial charge in [0.15, 0.2) is 0 Å². The molecule has 1 saturated heterocycles. The van der Waals surface area contributed by atoms with Gasteiger partial charge in [-0.15, -0.1) is 0 Å². The SMILES string of the molecule is O=C1S/C(=C\c2cc(Br)c(OCc3cccc(F)c3)c(Br)c2)C(=O)N1c1ccccc1. The van der Waals surface area contributed by atoms with Crippen LogP contribution < -0.4 is 9.64 Å². The number of thioether (sulfide) groups is 1. The van der Waals surface area contributed by atoms with E-state index < -0.39 is 0 Å². The van der Waals surface area contributed by atoms with E-state index in [-0.39, 0.29) is 23.6 Å². The summed E-state index contributed by atoms with van der Waals surface area (Å²) in [7, 11) is 0. The van der Waals surface area contributed by atoms with E-state index in [4.69, 9.17) is 4.74 Å². The van der Waals surface area contributed by atoms with Crippen LogP contribution in [0.25, 0.3) is 6.08 Å². The number of anilines is 1. The van der Waals surface area contributed by atoms with Crippen LogP contribution in [0.15, 0.2) is 80.6 Å². The molecule has 4 nitrogen and oxygen atoms in total. The first kappa shape index (κ1) is 21.8. The predicted molar refractivity (Wildman–Crippen MR) is 127 cm³/mol. The minimum Gasteiger partial charge on any atom is -0.487 e. The zero-order valence-corrected chi connectivity index (χ0v) is 19.8. The lowest BCUT2D eigenvalue weighted by molar-refractivity contribution is -0.113. The van der Waals surface area contributed by atoms with Gasteiger partial charge in [0.05, 0.1) is 19.5 Å². The summed E-state index contributed by atoms with van der Waals surface area (Å²) in [4.78, 5) is 26.7. The highest BCUT2D eigenvalue weighted by Gasteiger charge is 2.36. The molecule has 0 unspecified atom stereocenters. The van der Waals surface area contributed by atoms with E-state index in [0.29, 0.717) is 30.9 Å². The Balaban J connectivity index is 1.55. The molecular weight excluding hydrogens is 549 g/mol. The van der Waals surface area contributed by atoms with Crippen molar-refractivity contribution in [2.75, 3.05) is 4.90 Å². The third kappa shape index (κ3) is 4.92. The number of amides is 2. The maximum Gasteiger partial charge on any atom is 0.298 e. The van der Waals surface area contributed by atoms with Gasteiger partial charge in [-0.25, -0.2) is 9.29 Å². The lowest BCUT2D eigenvalue weighted by Gasteiger charge is -2.12. The predicted octanol–water partition coefficient (Wildman–Crippen LogP) is 7.17. The first-order valence-corrected chi connectivity index (χ1v) is 11.5. The lowest BCUT2D eigenvalue weighted by atomic mass is 10.2. The number of carbonyl (C=O) groups is 2. The van der Waals surface area contributed by atoms with Crippen LogP contribution in [0.4, 0.5) is 14.9 Å². The van der Waals surface area contributed by atoms with E-state index in [1.54, 1.807) is 54.6 Å². The topological polar surface area (TPSA) is 46.6 Å². The number of benzene rings is 3. The smallest absolute Gasteiger partial charge is 0.298 e. The van der Waals surface area contributed by atoms with Gasteiger partial charge in [-0.05, 0) is 97.2 Å². The summed E-state index contributed by atoms with van der Waals surface area (Å²) in [5.74, 6) is -0.127. The summed E-state index contributed by atoms with van der Waals surface area (Å²) in [5, 5.41) is -0.337. The first-order valence-electron chi connectivity index (χ1n) is 9.11. The van der Waals surface area contributed by atoms with Crippen molar-refractivity contribution in [2.24, 2.45) is 0 Å². The van der Waals surface area contributed by atoms with Crippen LogP contribution in [0, 0.1) is 5.82 Å². The summed E-state index contributed by atoms with van der Waals surface area (Å²) in [6.07, 6.45) is 1.67. The second kappa shape index (κ2) is 9.38. The molecule has 4 rings (SSSR count). The molecule has 0 N–H and O–H groups in total. The Kier molecular flexibility index (Phi) is 6.60. The second-order valence-corrected chi connectivity index (χ2v) is 9.29. The number of ether oxygens (including phenoxy) is 1. The normalized spacial score (nSPS) is 15.1. The molecule has 0 atom stereocenters. The van der Waals surface area contributed by atoms with Crippen LogP contribution in [-0.4, -0.2) is 11.1 Å². The van der Waals surface area contributed by atoms with E-state index in [1.165, 1.54) is 12.1 Å². The Labute approximate surface area is 199 Å². The van der Waals surface area contributed by atoms with Gasteiger partial charge in [-0.2, -0.15) is 0 Å². The molecule has 0 saturated carbocycles. The van der Waals surface area contributed by atoms with Crippen LogP contribution in [0.1, 0.15) is 11.1 Å². The van der Waals surface area contributed by atoms with Crippen molar-refractivity contribution in [1.82, 2.24) is 0 Å².